The molecule has 0 spiro atoms. The first-order chi connectivity index (χ1) is 9.42. The Morgan fingerprint density at radius 3 is 2.75 bits per heavy atom. The van der Waals surface area contributed by atoms with Gasteiger partial charge in [-0.2, -0.15) is 0 Å². The van der Waals surface area contributed by atoms with Gasteiger partial charge in [0.2, 0.25) is 5.95 Å². The predicted octanol–water partition coefficient (Wildman–Crippen LogP) is -1.36. The van der Waals surface area contributed by atoms with Crippen LogP contribution in [-0.2, 0) is 20.9 Å². The second kappa shape index (κ2) is 7.07. The van der Waals surface area contributed by atoms with E-state index < -0.39 is 24.0 Å². The van der Waals surface area contributed by atoms with Gasteiger partial charge in [0, 0.05) is 6.54 Å². The molecule has 4 N–H and O–H groups in total. The van der Waals surface area contributed by atoms with Crippen LogP contribution in [0.5, 0.6) is 0 Å². The number of amides is 3. The van der Waals surface area contributed by atoms with E-state index in [2.05, 4.69) is 15.4 Å². The Labute approximate surface area is 114 Å². The number of anilines is 1. The van der Waals surface area contributed by atoms with Crippen LogP contribution in [0.3, 0.4) is 0 Å². The molecule has 0 bridgehead atoms. The topological polar surface area (TPSA) is 141 Å². The number of ether oxygens (including phenoxy) is 1. The van der Waals surface area contributed by atoms with Gasteiger partial charge < -0.3 is 15.8 Å². The molecule has 1 unspecified atom stereocenters. The number of nitrogens with zero attached hydrogens (tertiary/aromatic N) is 3. The summed E-state index contributed by atoms with van der Waals surface area (Å²) in [4.78, 5) is 37.8. The van der Waals surface area contributed by atoms with Gasteiger partial charge in [0.15, 0.2) is 6.10 Å². The number of imide groups is 1. The highest BCUT2D eigenvalue weighted by Gasteiger charge is 2.20. The number of carbonyl (C=O) groups is 3. The normalized spacial score (nSPS) is 11.5. The third kappa shape index (κ3) is 4.92. The average Bonchev–Trinajstić information content (AvgIpc) is 2.74. The molecule has 0 aromatic carbocycles. The highest BCUT2D eigenvalue weighted by Crippen LogP contribution is 1.96. The molecule has 10 heteroatoms. The third-order valence-electron chi connectivity index (χ3n) is 2.10. The zero-order chi connectivity index (χ0) is 15.1. The number of nitrogen functional groups attached to an aromatic ring is 1. The molecule has 1 atom stereocenters. The van der Waals surface area contributed by atoms with E-state index in [1.54, 1.807) is 6.92 Å². The van der Waals surface area contributed by atoms with Crippen LogP contribution < -0.4 is 16.4 Å². The fourth-order valence-corrected chi connectivity index (χ4v) is 1.22. The first-order valence-corrected chi connectivity index (χ1v) is 5.85. The van der Waals surface area contributed by atoms with E-state index in [9.17, 15) is 14.4 Å². The number of carbonyl (C=O) groups excluding carboxylic acids is 3. The molecule has 1 aromatic rings. The van der Waals surface area contributed by atoms with Gasteiger partial charge in [-0.1, -0.05) is 0 Å². The van der Waals surface area contributed by atoms with Gasteiger partial charge in [0.1, 0.15) is 12.9 Å². The van der Waals surface area contributed by atoms with Gasteiger partial charge in [-0.05, 0) is 13.8 Å². The van der Waals surface area contributed by atoms with Crippen LogP contribution in [-0.4, -0.2) is 45.3 Å². The number of nitrogens with one attached hydrogen (secondary N) is 2. The van der Waals surface area contributed by atoms with Gasteiger partial charge in [0.05, 0.1) is 0 Å². The minimum atomic E-state index is -1.11. The molecular weight excluding hydrogens is 268 g/mol. The summed E-state index contributed by atoms with van der Waals surface area (Å²) in [6.45, 7) is 3.20. The molecule has 0 aliphatic rings. The summed E-state index contributed by atoms with van der Waals surface area (Å²) in [6, 6.07) is -0.649. The van der Waals surface area contributed by atoms with Crippen molar-refractivity contribution in [1.29, 1.82) is 0 Å². The summed E-state index contributed by atoms with van der Waals surface area (Å²) in [5.41, 5.74) is 5.28. The Morgan fingerprint density at radius 1 is 1.50 bits per heavy atom. The van der Waals surface area contributed by atoms with Crippen molar-refractivity contribution in [2.45, 2.75) is 26.5 Å². The molecule has 1 heterocycles. The molecule has 0 saturated carbocycles. The van der Waals surface area contributed by atoms with E-state index in [1.165, 1.54) is 17.9 Å². The largest absolute Gasteiger partial charge is 0.451 e. The fourth-order valence-electron chi connectivity index (χ4n) is 1.22. The monoisotopic (exact) mass is 284 g/mol. The second-order valence-electron chi connectivity index (χ2n) is 3.78. The summed E-state index contributed by atoms with van der Waals surface area (Å²) in [6.07, 6.45) is 0.154. The van der Waals surface area contributed by atoms with Crippen LogP contribution >= 0.6 is 0 Å². The number of hydrogen-bond donors (Lipinski definition) is 3. The molecule has 0 saturated heterocycles. The smallest absolute Gasteiger partial charge is 0.328 e. The van der Waals surface area contributed by atoms with Crippen LogP contribution in [0, 0.1) is 0 Å². The lowest BCUT2D eigenvalue weighted by molar-refractivity contribution is -0.155. The lowest BCUT2D eigenvalue weighted by Crippen LogP contribution is -2.44. The van der Waals surface area contributed by atoms with E-state index in [-0.39, 0.29) is 12.5 Å². The van der Waals surface area contributed by atoms with Crippen LogP contribution in [0.15, 0.2) is 6.33 Å². The van der Waals surface area contributed by atoms with Crippen molar-refractivity contribution in [3.8, 4) is 0 Å². The Kier molecular flexibility index (Phi) is 5.44. The second-order valence-corrected chi connectivity index (χ2v) is 3.78. The van der Waals surface area contributed by atoms with Crippen molar-refractivity contribution < 1.29 is 19.1 Å². The van der Waals surface area contributed by atoms with E-state index in [0.29, 0.717) is 6.54 Å². The minimum Gasteiger partial charge on any atom is -0.451 e. The summed E-state index contributed by atoms with van der Waals surface area (Å²) in [5, 5.41) is 8.11. The molecule has 0 aliphatic carbocycles. The van der Waals surface area contributed by atoms with Crippen LogP contribution in [0.4, 0.5) is 10.7 Å². The highest BCUT2D eigenvalue weighted by atomic mass is 16.5. The Morgan fingerprint density at radius 2 is 2.20 bits per heavy atom. The average molecular weight is 284 g/mol. The number of hydrogen-bond acceptors (Lipinski definition) is 7. The van der Waals surface area contributed by atoms with Gasteiger partial charge >= 0.3 is 12.0 Å². The van der Waals surface area contributed by atoms with E-state index in [0.717, 1.165) is 0 Å². The zero-order valence-corrected chi connectivity index (χ0v) is 11.1. The van der Waals surface area contributed by atoms with Gasteiger partial charge in [-0.3, -0.25) is 14.9 Å². The van der Waals surface area contributed by atoms with Gasteiger partial charge in [-0.15, -0.1) is 5.10 Å². The lowest BCUT2D eigenvalue weighted by atomic mass is 10.4. The standard InChI is InChI=1S/C10H16N6O4/c1-3-12-10(19)14-8(18)6(2)20-7(17)4-16-5-13-9(11)15-16/h5-6H,3-4H2,1-2H3,(H2,11,15)(H2,12,14,18,19). The first-order valence-electron chi connectivity index (χ1n) is 5.85. The number of nitrogens with two attached hydrogens (primary N) is 1. The third-order valence-corrected chi connectivity index (χ3v) is 2.10. The number of esters is 1. The van der Waals surface area contributed by atoms with E-state index in [4.69, 9.17) is 10.5 Å². The molecule has 0 radical (unpaired) electrons. The quantitative estimate of drug-likeness (QED) is 0.567. The minimum absolute atomic E-state index is 0.0276. The van der Waals surface area contributed by atoms with Crippen LogP contribution in [0.1, 0.15) is 13.8 Å². The number of rotatable bonds is 5. The van der Waals surface area contributed by atoms with Crippen molar-refractivity contribution in [2.24, 2.45) is 0 Å². The molecule has 3 amide bonds. The van der Waals surface area contributed by atoms with Crippen molar-refractivity contribution in [2.75, 3.05) is 12.3 Å². The Bertz CT molecular complexity index is 500. The summed E-state index contributed by atoms with van der Waals surface area (Å²) in [7, 11) is 0. The molecule has 1 rings (SSSR count). The van der Waals surface area contributed by atoms with Crippen molar-refractivity contribution >= 4 is 23.9 Å². The van der Waals surface area contributed by atoms with E-state index >= 15 is 0 Å². The van der Waals surface area contributed by atoms with Crippen molar-refractivity contribution in [3.05, 3.63) is 6.33 Å². The maximum absolute atomic E-state index is 11.5. The van der Waals surface area contributed by atoms with Crippen LogP contribution in [0.2, 0.25) is 0 Å². The SMILES string of the molecule is CCNC(=O)NC(=O)C(C)OC(=O)Cn1cnc(N)n1. The fraction of sp³-hybridized carbons (Fsp3) is 0.500. The maximum Gasteiger partial charge on any atom is 0.328 e. The zero-order valence-electron chi connectivity index (χ0n) is 11.1. The van der Waals surface area contributed by atoms with Crippen molar-refractivity contribution in [3.63, 3.8) is 0 Å². The summed E-state index contributed by atoms with van der Waals surface area (Å²) < 4.78 is 6.02. The molecule has 0 aliphatic heterocycles. The molecule has 1 aromatic heterocycles. The Hall–Kier alpha value is -2.65. The van der Waals surface area contributed by atoms with Gasteiger partial charge in [0.25, 0.3) is 5.91 Å². The molecule has 110 valence electrons. The highest BCUT2D eigenvalue weighted by molar-refractivity contribution is 5.97. The first kappa shape index (κ1) is 15.4. The van der Waals surface area contributed by atoms with Gasteiger partial charge in [-0.25, -0.2) is 14.5 Å². The summed E-state index contributed by atoms with van der Waals surface area (Å²) in [5.74, 6) is -1.39. The molecule has 10 nitrogen and oxygen atoms in total. The van der Waals surface area contributed by atoms with Crippen LogP contribution in [0.25, 0.3) is 0 Å². The predicted molar refractivity (Wildman–Crippen MR) is 67.2 cm³/mol. The van der Waals surface area contributed by atoms with E-state index in [1.807, 2.05) is 5.32 Å². The van der Waals surface area contributed by atoms with Crippen molar-refractivity contribution in [1.82, 2.24) is 25.4 Å². The maximum atomic E-state index is 11.5. The molecule has 20 heavy (non-hydrogen) atoms. The molecule has 0 fully saturated rings. The number of aromatic nitrogens is 3. The molecular formula is C10H16N6O4. The summed E-state index contributed by atoms with van der Waals surface area (Å²) >= 11 is 0. The number of urea groups is 1. The Balaban J connectivity index is 2.40. The lowest BCUT2D eigenvalue weighted by Gasteiger charge is -2.12.